The Bertz CT molecular complexity index is 406. The van der Waals surface area contributed by atoms with Crippen LogP contribution in [0, 0.1) is 17.8 Å². The predicted octanol–water partition coefficient (Wildman–Crippen LogP) is 2.73. The van der Waals surface area contributed by atoms with Crippen LogP contribution in [-0.4, -0.2) is 24.4 Å². The van der Waals surface area contributed by atoms with Gasteiger partial charge in [0, 0.05) is 6.42 Å². The van der Waals surface area contributed by atoms with Gasteiger partial charge in [-0.3, -0.25) is 0 Å². The molecule has 1 atom stereocenters. The average Bonchev–Trinajstić information content (AvgIpc) is 2.42. The minimum Gasteiger partial charge on any atom is -0.490 e. The van der Waals surface area contributed by atoms with E-state index in [0.717, 1.165) is 12.8 Å². The highest BCUT2D eigenvalue weighted by molar-refractivity contribution is 5.22. The Labute approximate surface area is 113 Å². The van der Waals surface area contributed by atoms with Crippen LogP contribution < -0.4 is 4.74 Å². The van der Waals surface area contributed by atoms with E-state index in [2.05, 4.69) is 19.0 Å². The molecule has 0 aromatic heterocycles. The third kappa shape index (κ3) is 6.68. The molecule has 4 heteroatoms. The molecule has 0 heterocycles. The highest BCUT2D eigenvalue weighted by Gasteiger charge is 2.08. The highest BCUT2D eigenvalue weighted by Crippen LogP contribution is 2.12. The lowest BCUT2D eigenvalue weighted by Crippen LogP contribution is -2.19. The summed E-state index contributed by atoms with van der Waals surface area (Å²) in [6, 6.07) is 5.86. The van der Waals surface area contributed by atoms with Crippen LogP contribution in [0.4, 0.5) is 4.39 Å². The summed E-state index contributed by atoms with van der Waals surface area (Å²) in [5.41, 5.74) is 0. The van der Waals surface area contributed by atoms with Gasteiger partial charge in [0.05, 0.1) is 6.61 Å². The molecule has 0 aliphatic carbocycles. The van der Waals surface area contributed by atoms with Crippen molar-refractivity contribution in [2.24, 2.45) is 0 Å². The fourth-order valence-corrected chi connectivity index (χ4v) is 1.45. The summed E-state index contributed by atoms with van der Waals surface area (Å²) in [5, 5.41) is 8.60. The number of ether oxygens (including phenoxy) is 2. The number of rotatable bonds is 7. The zero-order valence-electron chi connectivity index (χ0n) is 11.1. The lowest BCUT2D eigenvalue weighted by Gasteiger charge is -2.15. The van der Waals surface area contributed by atoms with E-state index in [-0.39, 0.29) is 18.5 Å². The van der Waals surface area contributed by atoms with Crippen molar-refractivity contribution in [3.63, 3.8) is 0 Å². The van der Waals surface area contributed by atoms with Crippen molar-refractivity contribution in [1.29, 1.82) is 0 Å². The first-order valence-corrected chi connectivity index (χ1v) is 6.39. The van der Waals surface area contributed by atoms with Crippen LogP contribution in [-0.2, 0) is 4.74 Å². The monoisotopic (exact) mass is 266 g/mol. The van der Waals surface area contributed by atoms with E-state index in [1.165, 1.54) is 12.1 Å². The Hall–Kier alpha value is -1.73. The van der Waals surface area contributed by atoms with Crippen molar-refractivity contribution < 1.29 is 19.0 Å². The number of aliphatic hydroxyl groups is 1. The third-order valence-electron chi connectivity index (χ3n) is 2.39. The van der Waals surface area contributed by atoms with Crippen LogP contribution in [0.3, 0.4) is 0 Å². The van der Waals surface area contributed by atoms with Gasteiger partial charge in [0.15, 0.2) is 0 Å². The number of halogens is 1. The van der Waals surface area contributed by atoms with Crippen LogP contribution in [0.1, 0.15) is 26.2 Å². The SMILES string of the molecule is CCC[C@@H](COc1ccc(F)cc1)OC#CCCO. The van der Waals surface area contributed by atoms with Crippen LogP contribution in [0.5, 0.6) is 5.75 Å². The van der Waals surface area contributed by atoms with Crippen molar-refractivity contribution in [2.45, 2.75) is 32.3 Å². The number of aliphatic hydroxyl groups excluding tert-OH is 1. The van der Waals surface area contributed by atoms with Crippen LogP contribution in [0.25, 0.3) is 0 Å². The molecule has 0 bridgehead atoms. The lowest BCUT2D eigenvalue weighted by atomic mass is 10.2. The second-order valence-electron chi connectivity index (χ2n) is 4.05. The Balaban J connectivity index is 2.40. The van der Waals surface area contributed by atoms with Crippen LogP contribution in [0.2, 0.25) is 0 Å². The molecule has 0 spiro atoms. The number of hydrogen-bond donors (Lipinski definition) is 1. The number of benzene rings is 1. The van der Waals surface area contributed by atoms with E-state index in [1.807, 2.05) is 0 Å². The summed E-state index contributed by atoms with van der Waals surface area (Å²) in [7, 11) is 0. The normalized spacial score (nSPS) is 11.3. The topological polar surface area (TPSA) is 38.7 Å². The minimum atomic E-state index is -0.288. The third-order valence-corrected chi connectivity index (χ3v) is 2.39. The van der Waals surface area contributed by atoms with E-state index in [9.17, 15) is 4.39 Å². The van der Waals surface area contributed by atoms with Gasteiger partial charge in [-0.05, 0) is 30.7 Å². The van der Waals surface area contributed by atoms with Gasteiger partial charge in [-0.2, -0.15) is 0 Å². The summed E-state index contributed by atoms with van der Waals surface area (Å²) in [6.07, 6.45) is 4.63. The molecule has 0 unspecified atom stereocenters. The summed E-state index contributed by atoms with van der Waals surface area (Å²) in [4.78, 5) is 0. The molecule has 0 aliphatic heterocycles. The van der Waals surface area contributed by atoms with E-state index in [4.69, 9.17) is 14.6 Å². The summed E-state index contributed by atoms with van der Waals surface area (Å²) < 4.78 is 23.6. The molecule has 3 nitrogen and oxygen atoms in total. The van der Waals surface area contributed by atoms with Crippen molar-refractivity contribution in [3.8, 4) is 17.8 Å². The first-order valence-electron chi connectivity index (χ1n) is 6.39. The van der Waals surface area contributed by atoms with E-state index < -0.39 is 0 Å². The van der Waals surface area contributed by atoms with Gasteiger partial charge in [-0.1, -0.05) is 19.3 Å². The molecule has 0 radical (unpaired) electrons. The summed E-state index contributed by atoms with van der Waals surface area (Å²) in [6.45, 7) is 2.45. The second kappa shape index (κ2) is 9.23. The maximum absolute atomic E-state index is 12.7. The maximum atomic E-state index is 12.7. The molecule has 1 N–H and O–H groups in total. The first-order chi connectivity index (χ1) is 9.26. The first kappa shape index (κ1) is 15.3. The smallest absolute Gasteiger partial charge is 0.144 e. The fourth-order valence-electron chi connectivity index (χ4n) is 1.45. The maximum Gasteiger partial charge on any atom is 0.144 e. The molecule has 19 heavy (non-hydrogen) atoms. The quantitative estimate of drug-likeness (QED) is 0.771. The zero-order chi connectivity index (χ0) is 13.9. The minimum absolute atomic E-state index is 0.0287. The molecule has 104 valence electrons. The molecule has 0 saturated heterocycles. The van der Waals surface area contributed by atoms with Crippen LogP contribution in [0.15, 0.2) is 24.3 Å². The van der Waals surface area contributed by atoms with Gasteiger partial charge in [0.25, 0.3) is 0 Å². The Morgan fingerprint density at radius 3 is 2.68 bits per heavy atom. The molecule has 1 rings (SSSR count). The largest absolute Gasteiger partial charge is 0.490 e. The van der Waals surface area contributed by atoms with Gasteiger partial charge in [0.2, 0.25) is 0 Å². The van der Waals surface area contributed by atoms with Gasteiger partial charge >= 0.3 is 0 Å². The van der Waals surface area contributed by atoms with Crippen LogP contribution >= 0.6 is 0 Å². The fraction of sp³-hybridized carbons (Fsp3) is 0.467. The Kier molecular flexibility index (Phi) is 7.45. The molecule has 1 aromatic rings. The predicted molar refractivity (Wildman–Crippen MR) is 71.2 cm³/mol. The molecule has 0 amide bonds. The summed E-state index contributed by atoms with van der Waals surface area (Å²) in [5.74, 6) is 3.02. The summed E-state index contributed by atoms with van der Waals surface area (Å²) >= 11 is 0. The van der Waals surface area contributed by atoms with E-state index >= 15 is 0 Å². The molecule has 0 aliphatic rings. The molecule has 0 fully saturated rings. The highest BCUT2D eigenvalue weighted by atomic mass is 19.1. The lowest BCUT2D eigenvalue weighted by molar-refractivity contribution is 0.0954. The average molecular weight is 266 g/mol. The molecular weight excluding hydrogens is 247 g/mol. The molecular formula is C15H19FO3. The van der Waals surface area contributed by atoms with Gasteiger partial charge < -0.3 is 14.6 Å². The van der Waals surface area contributed by atoms with Crippen molar-refractivity contribution >= 4 is 0 Å². The Morgan fingerprint density at radius 1 is 1.32 bits per heavy atom. The van der Waals surface area contributed by atoms with E-state index in [1.54, 1.807) is 12.1 Å². The van der Waals surface area contributed by atoms with Crippen molar-refractivity contribution in [2.75, 3.05) is 13.2 Å². The second-order valence-corrected chi connectivity index (χ2v) is 4.05. The Morgan fingerprint density at radius 2 is 2.05 bits per heavy atom. The standard InChI is InChI=1S/C15H19FO3/c1-2-5-15(18-11-4-3-10-17)12-19-14-8-6-13(16)7-9-14/h6-9,15,17H,2-3,5,10,12H2,1H3/t15-/m0/s1. The van der Waals surface area contributed by atoms with Gasteiger partial charge in [-0.25, -0.2) is 4.39 Å². The van der Waals surface area contributed by atoms with E-state index in [0.29, 0.717) is 18.8 Å². The van der Waals surface area contributed by atoms with Crippen molar-refractivity contribution in [3.05, 3.63) is 30.1 Å². The number of hydrogen-bond acceptors (Lipinski definition) is 3. The van der Waals surface area contributed by atoms with Crippen molar-refractivity contribution in [1.82, 2.24) is 0 Å². The van der Waals surface area contributed by atoms with Gasteiger partial charge in [0.1, 0.15) is 30.4 Å². The van der Waals surface area contributed by atoms with Gasteiger partial charge in [-0.15, -0.1) is 0 Å². The zero-order valence-corrected chi connectivity index (χ0v) is 11.1. The molecule has 0 saturated carbocycles. The molecule has 1 aromatic carbocycles.